The van der Waals surface area contributed by atoms with Gasteiger partial charge in [-0.05, 0) is 39.4 Å². The van der Waals surface area contributed by atoms with E-state index in [4.69, 9.17) is 0 Å². The third kappa shape index (κ3) is 1.99. The monoisotopic (exact) mass is 269 g/mol. The van der Waals surface area contributed by atoms with Crippen LogP contribution in [-0.2, 0) is 0 Å². The molecular formula is C21H17. The number of hydrogen-bond donors (Lipinski definition) is 0. The van der Waals surface area contributed by atoms with Gasteiger partial charge < -0.3 is 0 Å². The molecule has 0 spiro atoms. The lowest BCUT2D eigenvalue weighted by molar-refractivity contribution is 1.14. The second kappa shape index (κ2) is 4.89. The van der Waals surface area contributed by atoms with Crippen LogP contribution in [0.4, 0.5) is 0 Å². The van der Waals surface area contributed by atoms with E-state index < -0.39 is 0 Å². The Balaban J connectivity index is 1.99. The molecule has 0 aromatic heterocycles. The van der Waals surface area contributed by atoms with E-state index in [0.717, 1.165) is 6.42 Å². The summed E-state index contributed by atoms with van der Waals surface area (Å²) in [6.45, 7) is 2.21. The summed E-state index contributed by atoms with van der Waals surface area (Å²) in [5.41, 5.74) is 6.79. The Bertz CT molecular complexity index is 848. The molecule has 0 fully saturated rings. The number of fused-ring (bicyclic) bond motifs is 2. The van der Waals surface area contributed by atoms with Crippen LogP contribution in [-0.4, -0.2) is 0 Å². The predicted molar refractivity (Wildman–Crippen MR) is 91.1 cm³/mol. The molecule has 0 N–H and O–H groups in total. The van der Waals surface area contributed by atoms with Crippen LogP contribution in [0.25, 0.3) is 28.0 Å². The highest BCUT2D eigenvalue weighted by Crippen LogP contribution is 2.38. The number of allylic oxidation sites excluding steroid dienone is 1. The minimum atomic E-state index is 1.09. The van der Waals surface area contributed by atoms with E-state index in [1.54, 1.807) is 0 Å². The van der Waals surface area contributed by atoms with Gasteiger partial charge in [0.2, 0.25) is 0 Å². The zero-order valence-corrected chi connectivity index (χ0v) is 12.1. The molecular weight excluding hydrogens is 252 g/mol. The van der Waals surface area contributed by atoms with Crippen LogP contribution in [0.2, 0.25) is 0 Å². The SMILES string of the molecule is CCC1=Cc2c(cccc2-c2cccc3ccccc23)[CH]1. The normalized spacial score (nSPS) is 13.3. The van der Waals surface area contributed by atoms with Gasteiger partial charge in [0, 0.05) is 6.42 Å². The molecule has 0 aliphatic heterocycles. The summed E-state index contributed by atoms with van der Waals surface area (Å²) in [6, 6.07) is 21.8. The molecule has 0 atom stereocenters. The first kappa shape index (κ1) is 12.4. The summed E-state index contributed by atoms with van der Waals surface area (Å²) in [7, 11) is 0. The van der Waals surface area contributed by atoms with Gasteiger partial charge in [-0.3, -0.25) is 0 Å². The zero-order chi connectivity index (χ0) is 14.2. The molecule has 1 aliphatic carbocycles. The predicted octanol–water partition coefficient (Wildman–Crippen LogP) is 5.87. The summed E-state index contributed by atoms with van der Waals surface area (Å²) >= 11 is 0. The Labute approximate surface area is 125 Å². The van der Waals surface area contributed by atoms with Crippen molar-refractivity contribution in [3.05, 3.63) is 83.8 Å². The lowest BCUT2D eigenvalue weighted by Crippen LogP contribution is -1.87. The maximum Gasteiger partial charge on any atom is 0.0164 e. The highest BCUT2D eigenvalue weighted by Gasteiger charge is 2.16. The molecule has 1 aliphatic rings. The Kier molecular flexibility index (Phi) is 2.89. The Morgan fingerprint density at radius 1 is 0.762 bits per heavy atom. The van der Waals surface area contributed by atoms with E-state index >= 15 is 0 Å². The number of rotatable bonds is 2. The van der Waals surface area contributed by atoms with E-state index in [-0.39, 0.29) is 0 Å². The van der Waals surface area contributed by atoms with Gasteiger partial charge in [0.05, 0.1) is 0 Å². The lowest BCUT2D eigenvalue weighted by Gasteiger charge is -2.11. The van der Waals surface area contributed by atoms with Crippen molar-refractivity contribution in [2.45, 2.75) is 13.3 Å². The molecule has 0 heterocycles. The molecule has 4 rings (SSSR count). The molecule has 0 nitrogen and oxygen atoms in total. The van der Waals surface area contributed by atoms with Crippen molar-refractivity contribution >= 4 is 16.8 Å². The Morgan fingerprint density at radius 2 is 1.52 bits per heavy atom. The van der Waals surface area contributed by atoms with Crippen molar-refractivity contribution in [1.82, 2.24) is 0 Å². The van der Waals surface area contributed by atoms with Crippen LogP contribution in [0, 0.1) is 6.42 Å². The molecule has 0 bridgehead atoms. The quantitative estimate of drug-likeness (QED) is 0.546. The third-order valence-corrected chi connectivity index (χ3v) is 4.30. The largest absolute Gasteiger partial charge is 0.0616 e. The van der Waals surface area contributed by atoms with Crippen molar-refractivity contribution in [3.63, 3.8) is 0 Å². The van der Waals surface area contributed by atoms with Crippen LogP contribution < -0.4 is 0 Å². The fraction of sp³-hybridized carbons (Fsp3) is 0.0952. The average Bonchev–Trinajstić information content (AvgIpc) is 2.97. The summed E-state index contributed by atoms with van der Waals surface area (Å²) in [5.74, 6) is 0. The molecule has 0 saturated heterocycles. The van der Waals surface area contributed by atoms with Gasteiger partial charge in [0.25, 0.3) is 0 Å². The highest BCUT2D eigenvalue weighted by atomic mass is 14.2. The molecule has 0 unspecified atom stereocenters. The number of benzene rings is 3. The first-order chi connectivity index (χ1) is 10.4. The van der Waals surface area contributed by atoms with Crippen LogP contribution in [0.3, 0.4) is 0 Å². The van der Waals surface area contributed by atoms with E-state index in [2.05, 4.69) is 80.1 Å². The smallest absolute Gasteiger partial charge is 0.0164 e. The highest BCUT2D eigenvalue weighted by molar-refractivity contribution is 5.99. The van der Waals surface area contributed by atoms with Gasteiger partial charge >= 0.3 is 0 Å². The van der Waals surface area contributed by atoms with E-state index in [0.29, 0.717) is 0 Å². The van der Waals surface area contributed by atoms with Gasteiger partial charge in [0.15, 0.2) is 0 Å². The minimum absolute atomic E-state index is 1.09. The second-order valence-electron chi connectivity index (χ2n) is 5.55. The molecule has 1 radical (unpaired) electrons. The maximum absolute atomic E-state index is 2.34. The topological polar surface area (TPSA) is 0 Å². The molecule has 3 aromatic rings. The standard InChI is InChI=1S/C21H17/c1-2-15-13-17-9-6-12-20(21(17)14-15)19-11-5-8-16-7-3-4-10-18(16)19/h3-14H,2H2,1H3. The lowest BCUT2D eigenvalue weighted by atomic mass is 9.93. The van der Waals surface area contributed by atoms with Gasteiger partial charge in [-0.15, -0.1) is 0 Å². The average molecular weight is 269 g/mol. The third-order valence-electron chi connectivity index (χ3n) is 4.30. The molecule has 101 valence electrons. The summed E-state index contributed by atoms with van der Waals surface area (Å²) in [5, 5.41) is 2.63. The Morgan fingerprint density at radius 3 is 2.43 bits per heavy atom. The molecule has 21 heavy (non-hydrogen) atoms. The fourth-order valence-electron chi connectivity index (χ4n) is 3.20. The van der Waals surface area contributed by atoms with E-state index in [1.807, 2.05) is 0 Å². The van der Waals surface area contributed by atoms with Crippen molar-refractivity contribution in [1.29, 1.82) is 0 Å². The minimum Gasteiger partial charge on any atom is -0.0616 e. The van der Waals surface area contributed by atoms with Gasteiger partial charge in [-0.25, -0.2) is 0 Å². The van der Waals surface area contributed by atoms with E-state index in [9.17, 15) is 0 Å². The van der Waals surface area contributed by atoms with Crippen molar-refractivity contribution in [3.8, 4) is 11.1 Å². The van der Waals surface area contributed by atoms with Crippen molar-refractivity contribution in [2.24, 2.45) is 0 Å². The molecule has 3 aromatic carbocycles. The van der Waals surface area contributed by atoms with E-state index in [1.165, 1.54) is 38.6 Å². The Hall–Kier alpha value is -2.34. The first-order valence-corrected chi connectivity index (χ1v) is 7.53. The summed E-state index contributed by atoms with van der Waals surface area (Å²) in [4.78, 5) is 0. The first-order valence-electron chi connectivity index (χ1n) is 7.53. The van der Waals surface area contributed by atoms with Crippen molar-refractivity contribution in [2.75, 3.05) is 0 Å². The molecule has 0 heteroatoms. The van der Waals surface area contributed by atoms with Gasteiger partial charge in [-0.2, -0.15) is 0 Å². The second-order valence-corrected chi connectivity index (χ2v) is 5.55. The zero-order valence-electron chi connectivity index (χ0n) is 12.1. The van der Waals surface area contributed by atoms with Crippen molar-refractivity contribution < 1.29 is 0 Å². The fourth-order valence-corrected chi connectivity index (χ4v) is 3.20. The van der Waals surface area contributed by atoms with Crippen LogP contribution >= 0.6 is 0 Å². The molecule has 0 amide bonds. The summed E-state index contributed by atoms with van der Waals surface area (Å²) < 4.78 is 0. The van der Waals surface area contributed by atoms with Gasteiger partial charge in [0.1, 0.15) is 0 Å². The molecule has 0 saturated carbocycles. The van der Waals surface area contributed by atoms with Crippen LogP contribution in [0.1, 0.15) is 24.5 Å². The summed E-state index contributed by atoms with van der Waals surface area (Å²) in [6.07, 6.45) is 5.74. The number of hydrogen-bond acceptors (Lipinski definition) is 0. The van der Waals surface area contributed by atoms with Crippen LogP contribution in [0.5, 0.6) is 0 Å². The van der Waals surface area contributed by atoms with Crippen LogP contribution in [0.15, 0.2) is 66.2 Å². The maximum atomic E-state index is 2.34. The van der Waals surface area contributed by atoms with Gasteiger partial charge in [-0.1, -0.05) is 79.2 Å².